The summed E-state index contributed by atoms with van der Waals surface area (Å²) in [5, 5.41) is 8.79. The van der Waals surface area contributed by atoms with Gasteiger partial charge in [0.05, 0.1) is 6.04 Å². The quantitative estimate of drug-likeness (QED) is 0.822. The second-order valence-electron chi connectivity index (χ2n) is 6.38. The highest BCUT2D eigenvalue weighted by molar-refractivity contribution is 5.69. The van der Waals surface area contributed by atoms with E-state index >= 15 is 0 Å². The zero-order chi connectivity index (χ0) is 19.6. The van der Waals surface area contributed by atoms with Gasteiger partial charge in [0.1, 0.15) is 17.7 Å². The number of aliphatic hydroxyl groups is 1. The van der Waals surface area contributed by atoms with E-state index in [1.54, 1.807) is 35.2 Å². The van der Waals surface area contributed by atoms with E-state index in [1.807, 2.05) is 6.92 Å². The van der Waals surface area contributed by atoms with Crippen molar-refractivity contribution < 1.29 is 23.4 Å². The van der Waals surface area contributed by atoms with Gasteiger partial charge in [0.25, 0.3) is 0 Å². The standard InChI is InChI=1S/C15H20FNO3.C6H5F/c1-11(12-4-6-13(16)7-5-12)17-9-8-14(3-2-10-18)20-15(17)19;7-6-4-2-1-3-5-6/h4-7,11,14,18H,2-3,8-10H2,1H3;1-5H. The van der Waals surface area contributed by atoms with Crippen LogP contribution in [-0.4, -0.2) is 35.4 Å². The SMILES string of the molecule is CC(c1ccc(F)cc1)N1CCC(CCCO)OC1=O.Fc1ccccc1. The molecule has 0 aliphatic carbocycles. The number of carbonyl (C=O) groups excluding carboxylic acids is 1. The van der Waals surface area contributed by atoms with Crippen molar-refractivity contribution in [2.24, 2.45) is 0 Å². The lowest BCUT2D eigenvalue weighted by atomic mass is 10.0. The van der Waals surface area contributed by atoms with E-state index in [-0.39, 0.29) is 36.5 Å². The summed E-state index contributed by atoms with van der Waals surface area (Å²) < 4.78 is 30.2. The molecule has 1 aliphatic heterocycles. The highest BCUT2D eigenvalue weighted by atomic mass is 19.1. The van der Waals surface area contributed by atoms with Gasteiger partial charge in [0.2, 0.25) is 0 Å². The summed E-state index contributed by atoms with van der Waals surface area (Å²) in [6.45, 7) is 2.64. The number of aliphatic hydroxyl groups excluding tert-OH is 1. The van der Waals surface area contributed by atoms with E-state index in [0.717, 1.165) is 12.0 Å². The summed E-state index contributed by atoms with van der Waals surface area (Å²) in [6, 6.07) is 14.0. The molecule has 2 aromatic rings. The average molecular weight is 377 g/mol. The number of halogens is 2. The van der Waals surface area contributed by atoms with Crippen LogP contribution >= 0.6 is 0 Å². The summed E-state index contributed by atoms with van der Waals surface area (Å²) in [4.78, 5) is 13.7. The minimum atomic E-state index is -0.337. The van der Waals surface area contributed by atoms with Crippen LogP contribution in [0.25, 0.3) is 0 Å². The Balaban J connectivity index is 0.000000313. The van der Waals surface area contributed by atoms with Crippen molar-refractivity contribution in [2.75, 3.05) is 13.2 Å². The number of ether oxygens (including phenoxy) is 1. The number of hydrogen-bond acceptors (Lipinski definition) is 3. The molecule has 1 aliphatic rings. The molecular formula is C21H25F2NO3. The van der Waals surface area contributed by atoms with E-state index in [1.165, 1.54) is 24.3 Å². The maximum atomic E-state index is 12.9. The van der Waals surface area contributed by atoms with Crippen LogP contribution in [0.1, 0.15) is 37.8 Å². The van der Waals surface area contributed by atoms with E-state index in [0.29, 0.717) is 19.4 Å². The molecule has 4 nitrogen and oxygen atoms in total. The smallest absolute Gasteiger partial charge is 0.410 e. The summed E-state index contributed by atoms with van der Waals surface area (Å²) in [5.74, 6) is -0.464. The predicted octanol–water partition coefficient (Wildman–Crippen LogP) is 4.70. The molecular weight excluding hydrogens is 352 g/mol. The van der Waals surface area contributed by atoms with Crippen LogP contribution in [0.2, 0.25) is 0 Å². The number of carbonyl (C=O) groups is 1. The Kier molecular flexibility index (Phi) is 8.20. The van der Waals surface area contributed by atoms with Crippen molar-refractivity contribution >= 4 is 6.09 Å². The maximum Gasteiger partial charge on any atom is 0.410 e. The molecule has 27 heavy (non-hydrogen) atoms. The van der Waals surface area contributed by atoms with Gasteiger partial charge in [-0.25, -0.2) is 13.6 Å². The van der Waals surface area contributed by atoms with Crippen molar-refractivity contribution in [3.63, 3.8) is 0 Å². The van der Waals surface area contributed by atoms with Crippen molar-refractivity contribution in [3.8, 4) is 0 Å². The first-order valence-electron chi connectivity index (χ1n) is 9.05. The van der Waals surface area contributed by atoms with E-state index in [9.17, 15) is 13.6 Å². The zero-order valence-electron chi connectivity index (χ0n) is 15.4. The predicted molar refractivity (Wildman–Crippen MR) is 99.1 cm³/mol. The lowest BCUT2D eigenvalue weighted by Crippen LogP contribution is -2.43. The van der Waals surface area contributed by atoms with Gasteiger partial charge in [-0.2, -0.15) is 0 Å². The molecule has 0 spiro atoms. The monoisotopic (exact) mass is 377 g/mol. The molecule has 1 saturated heterocycles. The third-order valence-corrected chi connectivity index (χ3v) is 4.43. The number of hydrogen-bond donors (Lipinski definition) is 1. The van der Waals surface area contributed by atoms with Crippen molar-refractivity contribution in [1.82, 2.24) is 4.90 Å². The van der Waals surface area contributed by atoms with Gasteiger partial charge in [-0.05, 0) is 49.6 Å². The van der Waals surface area contributed by atoms with Crippen LogP contribution in [0.3, 0.4) is 0 Å². The molecule has 1 amide bonds. The molecule has 2 atom stereocenters. The fourth-order valence-electron chi connectivity index (χ4n) is 2.85. The first-order valence-corrected chi connectivity index (χ1v) is 9.05. The Morgan fingerprint density at radius 3 is 2.26 bits per heavy atom. The molecule has 6 heteroatoms. The zero-order valence-corrected chi connectivity index (χ0v) is 15.4. The van der Waals surface area contributed by atoms with Gasteiger partial charge < -0.3 is 14.7 Å². The topological polar surface area (TPSA) is 49.8 Å². The molecule has 0 radical (unpaired) electrons. The highest BCUT2D eigenvalue weighted by Crippen LogP contribution is 2.26. The molecule has 1 N–H and O–H groups in total. The third-order valence-electron chi connectivity index (χ3n) is 4.43. The third kappa shape index (κ3) is 6.64. The number of benzene rings is 2. The van der Waals surface area contributed by atoms with Crippen molar-refractivity contribution in [3.05, 3.63) is 71.8 Å². The second-order valence-corrected chi connectivity index (χ2v) is 6.38. The summed E-state index contributed by atoms with van der Waals surface area (Å²) in [5.41, 5.74) is 0.886. The van der Waals surface area contributed by atoms with Crippen LogP contribution in [0.15, 0.2) is 54.6 Å². The van der Waals surface area contributed by atoms with Gasteiger partial charge in [-0.15, -0.1) is 0 Å². The average Bonchev–Trinajstić information content (AvgIpc) is 2.68. The minimum absolute atomic E-state index is 0.105. The van der Waals surface area contributed by atoms with Gasteiger partial charge in [-0.1, -0.05) is 30.3 Å². The Hall–Kier alpha value is -2.47. The van der Waals surface area contributed by atoms with Gasteiger partial charge in [0.15, 0.2) is 0 Å². The normalized spacial score (nSPS) is 17.6. The fraction of sp³-hybridized carbons (Fsp3) is 0.381. The van der Waals surface area contributed by atoms with Crippen LogP contribution in [0.5, 0.6) is 0 Å². The number of rotatable bonds is 5. The Bertz CT molecular complexity index is 694. The molecule has 146 valence electrons. The number of nitrogens with zero attached hydrogens (tertiary/aromatic N) is 1. The highest BCUT2D eigenvalue weighted by Gasteiger charge is 2.30. The van der Waals surface area contributed by atoms with Crippen LogP contribution in [-0.2, 0) is 4.74 Å². The molecule has 2 aromatic carbocycles. The van der Waals surface area contributed by atoms with Crippen LogP contribution < -0.4 is 0 Å². The van der Waals surface area contributed by atoms with Crippen LogP contribution in [0, 0.1) is 11.6 Å². The van der Waals surface area contributed by atoms with Gasteiger partial charge >= 0.3 is 6.09 Å². The Labute approximate surface area is 158 Å². The molecule has 3 rings (SSSR count). The molecule has 0 aromatic heterocycles. The van der Waals surface area contributed by atoms with Gasteiger partial charge in [0, 0.05) is 19.6 Å². The van der Waals surface area contributed by atoms with E-state index in [4.69, 9.17) is 9.84 Å². The molecule has 1 fully saturated rings. The van der Waals surface area contributed by atoms with Crippen molar-refractivity contribution in [2.45, 2.75) is 38.3 Å². The Morgan fingerprint density at radius 2 is 1.74 bits per heavy atom. The molecule has 0 saturated carbocycles. The fourth-order valence-corrected chi connectivity index (χ4v) is 2.85. The maximum absolute atomic E-state index is 12.9. The van der Waals surface area contributed by atoms with E-state index < -0.39 is 0 Å². The molecule has 1 heterocycles. The lowest BCUT2D eigenvalue weighted by Gasteiger charge is -2.35. The largest absolute Gasteiger partial charge is 0.446 e. The molecule has 0 bridgehead atoms. The minimum Gasteiger partial charge on any atom is -0.446 e. The summed E-state index contributed by atoms with van der Waals surface area (Å²) in [7, 11) is 0. The number of amides is 1. The first kappa shape index (κ1) is 20.8. The molecule has 2 unspecified atom stereocenters. The van der Waals surface area contributed by atoms with Crippen LogP contribution in [0.4, 0.5) is 13.6 Å². The van der Waals surface area contributed by atoms with E-state index in [2.05, 4.69) is 0 Å². The first-order chi connectivity index (χ1) is 13.0. The summed E-state index contributed by atoms with van der Waals surface area (Å²) in [6.07, 6.45) is 1.66. The number of cyclic esters (lactones) is 1. The summed E-state index contributed by atoms with van der Waals surface area (Å²) >= 11 is 0. The van der Waals surface area contributed by atoms with Gasteiger partial charge in [-0.3, -0.25) is 0 Å². The second kappa shape index (κ2) is 10.6. The van der Waals surface area contributed by atoms with Crippen molar-refractivity contribution in [1.29, 1.82) is 0 Å². The Morgan fingerprint density at radius 1 is 1.11 bits per heavy atom. The lowest BCUT2D eigenvalue weighted by molar-refractivity contribution is 0.00760.